The fraction of sp³-hybridized carbons (Fsp3) is 0.318. The van der Waals surface area contributed by atoms with Crippen LogP contribution in [-0.2, 0) is 11.2 Å². The maximum atomic E-state index is 12.9. The number of carbonyl (C=O) groups is 1. The van der Waals surface area contributed by atoms with Crippen molar-refractivity contribution in [3.63, 3.8) is 0 Å². The van der Waals surface area contributed by atoms with Crippen molar-refractivity contribution in [1.82, 2.24) is 15.3 Å². The lowest BCUT2D eigenvalue weighted by molar-refractivity contribution is 0.0574. The molecule has 1 fully saturated rings. The Morgan fingerprint density at radius 3 is 2.93 bits per heavy atom. The first-order valence-corrected chi connectivity index (χ1v) is 9.76. The van der Waals surface area contributed by atoms with Crippen LogP contribution in [0.2, 0.25) is 0 Å². The van der Waals surface area contributed by atoms with Gasteiger partial charge in [0.05, 0.1) is 25.3 Å². The molecule has 1 aromatic carbocycles. The van der Waals surface area contributed by atoms with Crippen LogP contribution in [0.15, 0.2) is 53.8 Å². The number of nitrogens with one attached hydrogen (secondary N) is 1. The molecule has 4 rings (SSSR count). The van der Waals surface area contributed by atoms with Gasteiger partial charge in [-0.2, -0.15) is 4.91 Å². The number of amides is 1. The molecule has 1 aliphatic rings. The first-order chi connectivity index (χ1) is 14.7. The highest BCUT2D eigenvalue weighted by atomic mass is 16.5. The zero-order valence-corrected chi connectivity index (χ0v) is 16.6. The number of nitroso groups, excluding NO2 is 1. The number of benzene rings is 1. The quantitative estimate of drug-likeness (QED) is 0.632. The van der Waals surface area contributed by atoms with E-state index in [9.17, 15) is 9.70 Å². The van der Waals surface area contributed by atoms with E-state index < -0.39 is 6.04 Å². The summed E-state index contributed by atoms with van der Waals surface area (Å²) in [5, 5.41) is 6.96. The van der Waals surface area contributed by atoms with E-state index in [-0.39, 0.29) is 18.6 Å². The lowest BCUT2D eigenvalue weighted by Crippen LogP contribution is -2.48. The molecule has 2 aromatic heterocycles. The van der Waals surface area contributed by atoms with Gasteiger partial charge in [-0.3, -0.25) is 4.79 Å². The topological polar surface area (TPSA) is 103 Å². The minimum Gasteiger partial charge on any atom is -0.481 e. The van der Waals surface area contributed by atoms with Crippen molar-refractivity contribution in [3.8, 4) is 5.88 Å². The molecule has 1 aliphatic heterocycles. The van der Waals surface area contributed by atoms with Gasteiger partial charge in [0.2, 0.25) is 5.88 Å². The smallest absolute Gasteiger partial charge is 0.270 e. The minimum atomic E-state index is -0.590. The van der Waals surface area contributed by atoms with Crippen LogP contribution in [0.1, 0.15) is 28.0 Å². The van der Waals surface area contributed by atoms with E-state index >= 15 is 0 Å². The Balaban J connectivity index is 1.63. The van der Waals surface area contributed by atoms with Crippen molar-refractivity contribution in [2.24, 2.45) is 5.18 Å². The van der Waals surface area contributed by atoms with Gasteiger partial charge in [-0.1, -0.05) is 29.4 Å². The SMILES string of the molecule is COc1ccc(Cc2cc(C(=O)N[C@H]3CCOC[C@@H]3N=O)nc3ccccc23)cn1. The fourth-order valence-corrected chi connectivity index (χ4v) is 3.60. The summed E-state index contributed by atoms with van der Waals surface area (Å²) in [6.45, 7) is 0.702. The molecule has 30 heavy (non-hydrogen) atoms. The van der Waals surface area contributed by atoms with Gasteiger partial charge in [0.1, 0.15) is 11.7 Å². The molecule has 0 aliphatic carbocycles. The largest absolute Gasteiger partial charge is 0.481 e. The zero-order chi connectivity index (χ0) is 20.9. The normalized spacial score (nSPS) is 18.7. The number of hydrogen-bond donors (Lipinski definition) is 1. The first-order valence-electron chi connectivity index (χ1n) is 9.76. The van der Waals surface area contributed by atoms with E-state index in [1.54, 1.807) is 19.4 Å². The minimum absolute atomic E-state index is 0.218. The van der Waals surface area contributed by atoms with Gasteiger partial charge in [0, 0.05) is 24.3 Å². The Morgan fingerprint density at radius 1 is 1.30 bits per heavy atom. The maximum Gasteiger partial charge on any atom is 0.270 e. The molecule has 154 valence electrons. The average Bonchev–Trinajstić information content (AvgIpc) is 2.80. The summed E-state index contributed by atoms with van der Waals surface area (Å²) < 4.78 is 10.4. The summed E-state index contributed by atoms with van der Waals surface area (Å²) >= 11 is 0. The van der Waals surface area contributed by atoms with Gasteiger partial charge in [0.15, 0.2) is 0 Å². The summed E-state index contributed by atoms with van der Waals surface area (Å²) in [6, 6.07) is 12.3. The van der Waals surface area contributed by atoms with Crippen LogP contribution >= 0.6 is 0 Å². The number of fused-ring (bicyclic) bond motifs is 1. The molecule has 1 N–H and O–H groups in total. The number of ether oxygens (including phenoxy) is 2. The van der Waals surface area contributed by atoms with Gasteiger partial charge in [0.25, 0.3) is 5.91 Å². The van der Waals surface area contributed by atoms with Crippen molar-refractivity contribution in [1.29, 1.82) is 0 Å². The number of para-hydroxylation sites is 1. The molecule has 0 spiro atoms. The predicted octanol–water partition coefficient (Wildman–Crippen LogP) is 2.88. The van der Waals surface area contributed by atoms with Crippen LogP contribution in [0.5, 0.6) is 5.88 Å². The molecule has 0 radical (unpaired) electrons. The number of carbonyl (C=O) groups excluding carboxylic acids is 1. The molecule has 1 saturated heterocycles. The third-order valence-electron chi connectivity index (χ3n) is 5.21. The Bertz CT molecular complexity index is 1050. The predicted molar refractivity (Wildman–Crippen MR) is 112 cm³/mol. The van der Waals surface area contributed by atoms with Crippen molar-refractivity contribution < 1.29 is 14.3 Å². The second-order valence-corrected chi connectivity index (χ2v) is 7.19. The molecule has 8 heteroatoms. The number of rotatable bonds is 6. The van der Waals surface area contributed by atoms with E-state index in [4.69, 9.17) is 9.47 Å². The third kappa shape index (κ3) is 4.28. The van der Waals surface area contributed by atoms with Crippen LogP contribution in [0.25, 0.3) is 10.9 Å². The van der Waals surface area contributed by atoms with E-state index in [0.717, 1.165) is 22.0 Å². The van der Waals surface area contributed by atoms with Gasteiger partial charge in [-0.05, 0) is 36.1 Å². The number of nitrogens with zero attached hydrogens (tertiary/aromatic N) is 3. The maximum absolute atomic E-state index is 12.9. The van der Waals surface area contributed by atoms with E-state index in [1.165, 1.54) is 0 Å². The standard InChI is InChI=1S/C22H22N4O4/c1-29-21-7-6-14(12-23-21)10-15-11-19(24-17-5-3-2-4-16(15)17)22(27)25-18-8-9-30-13-20(18)26-28/h2-7,11-12,18,20H,8-10,13H2,1H3,(H,25,27)/t18-,20-/m0/s1. The Kier molecular flexibility index (Phi) is 5.94. The molecular weight excluding hydrogens is 384 g/mol. The average molecular weight is 406 g/mol. The molecule has 3 aromatic rings. The van der Waals surface area contributed by atoms with E-state index in [1.807, 2.05) is 36.4 Å². The number of hydrogen-bond acceptors (Lipinski definition) is 7. The fourth-order valence-electron chi connectivity index (χ4n) is 3.60. The van der Waals surface area contributed by atoms with Gasteiger partial charge >= 0.3 is 0 Å². The van der Waals surface area contributed by atoms with Crippen LogP contribution in [0.3, 0.4) is 0 Å². The van der Waals surface area contributed by atoms with Crippen LogP contribution in [-0.4, -0.2) is 48.3 Å². The lowest BCUT2D eigenvalue weighted by Gasteiger charge is -2.27. The highest BCUT2D eigenvalue weighted by Crippen LogP contribution is 2.22. The summed E-state index contributed by atoms with van der Waals surface area (Å²) in [6.07, 6.45) is 2.90. The van der Waals surface area contributed by atoms with Crippen molar-refractivity contribution >= 4 is 16.8 Å². The molecule has 3 heterocycles. The lowest BCUT2D eigenvalue weighted by atomic mass is 10.0. The molecule has 2 atom stereocenters. The monoisotopic (exact) mass is 406 g/mol. The van der Waals surface area contributed by atoms with Crippen molar-refractivity contribution in [3.05, 3.63) is 70.4 Å². The van der Waals surface area contributed by atoms with Crippen molar-refractivity contribution in [2.75, 3.05) is 20.3 Å². The summed E-state index contributed by atoms with van der Waals surface area (Å²) in [7, 11) is 1.58. The van der Waals surface area contributed by atoms with Gasteiger partial charge in [-0.15, -0.1) is 0 Å². The molecule has 1 amide bonds. The second-order valence-electron chi connectivity index (χ2n) is 7.19. The number of methoxy groups -OCH3 is 1. The summed E-state index contributed by atoms with van der Waals surface area (Å²) in [4.78, 5) is 32.8. The Hall–Kier alpha value is -3.39. The molecular formula is C22H22N4O4. The number of pyridine rings is 2. The van der Waals surface area contributed by atoms with E-state index in [2.05, 4.69) is 20.5 Å². The highest BCUT2D eigenvalue weighted by Gasteiger charge is 2.29. The van der Waals surface area contributed by atoms with E-state index in [0.29, 0.717) is 31.0 Å². The molecule has 0 bridgehead atoms. The van der Waals surface area contributed by atoms with Gasteiger partial charge < -0.3 is 14.8 Å². The van der Waals surface area contributed by atoms with Gasteiger partial charge in [-0.25, -0.2) is 9.97 Å². The summed E-state index contributed by atoms with van der Waals surface area (Å²) in [5.74, 6) is 0.226. The third-order valence-corrected chi connectivity index (χ3v) is 5.21. The Labute approximate surface area is 173 Å². The van der Waals surface area contributed by atoms with Crippen LogP contribution < -0.4 is 10.1 Å². The zero-order valence-electron chi connectivity index (χ0n) is 16.6. The highest BCUT2D eigenvalue weighted by molar-refractivity contribution is 5.96. The molecule has 0 saturated carbocycles. The first kappa shape index (κ1) is 19.9. The van der Waals surface area contributed by atoms with Crippen LogP contribution in [0, 0.1) is 4.91 Å². The van der Waals surface area contributed by atoms with Crippen molar-refractivity contribution in [2.45, 2.75) is 24.9 Å². The molecule has 8 nitrogen and oxygen atoms in total. The second kappa shape index (κ2) is 8.96. The Morgan fingerprint density at radius 2 is 2.17 bits per heavy atom. The van der Waals surface area contributed by atoms with Crippen LogP contribution in [0.4, 0.5) is 0 Å². The molecule has 0 unspecified atom stereocenters. The number of aromatic nitrogens is 2. The summed E-state index contributed by atoms with van der Waals surface area (Å²) in [5.41, 5.74) is 3.00.